The van der Waals surface area contributed by atoms with Crippen LogP contribution in [-0.4, -0.2) is 18.5 Å². The standard InChI is InChI=1S/C27H23NO4/c1-3-20(18-10-6-5-7-11-18)27(21-12-8-9-13-23(21)32-26(30)4-2)19-14-15-22-24(16-19)31-17-25(29)28-22/h4-16H,2-3,17H2,1H3,(H,28,29)/b27-20+. The summed E-state index contributed by atoms with van der Waals surface area (Å²) < 4.78 is 11.2. The van der Waals surface area contributed by atoms with Crippen molar-refractivity contribution in [2.24, 2.45) is 0 Å². The molecular formula is C27H23NO4. The fourth-order valence-corrected chi connectivity index (χ4v) is 3.80. The van der Waals surface area contributed by atoms with Gasteiger partial charge in [-0.25, -0.2) is 4.79 Å². The number of benzene rings is 3. The number of anilines is 1. The largest absolute Gasteiger partial charge is 0.482 e. The Morgan fingerprint density at radius 1 is 1.06 bits per heavy atom. The first kappa shape index (κ1) is 21.1. The summed E-state index contributed by atoms with van der Waals surface area (Å²) in [4.78, 5) is 23.7. The summed E-state index contributed by atoms with van der Waals surface area (Å²) in [6.45, 7) is 5.57. The number of nitrogens with one attached hydrogen (secondary N) is 1. The van der Waals surface area contributed by atoms with Gasteiger partial charge in [-0.1, -0.05) is 68.1 Å². The molecule has 32 heavy (non-hydrogen) atoms. The van der Waals surface area contributed by atoms with E-state index in [4.69, 9.17) is 9.47 Å². The molecule has 5 heteroatoms. The Balaban J connectivity index is 1.96. The molecule has 1 aliphatic heterocycles. The van der Waals surface area contributed by atoms with E-state index in [1.54, 1.807) is 6.07 Å². The van der Waals surface area contributed by atoms with Crippen molar-refractivity contribution in [1.29, 1.82) is 0 Å². The van der Waals surface area contributed by atoms with Crippen LogP contribution in [0.2, 0.25) is 0 Å². The first-order valence-corrected chi connectivity index (χ1v) is 10.4. The number of fused-ring (bicyclic) bond motifs is 1. The number of hydrogen-bond acceptors (Lipinski definition) is 4. The molecule has 0 saturated heterocycles. The molecule has 0 unspecified atom stereocenters. The van der Waals surface area contributed by atoms with Gasteiger partial charge in [-0.2, -0.15) is 0 Å². The quantitative estimate of drug-likeness (QED) is 0.246. The first-order chi connectivity index (χ1) is 15.6. The number of allylic oxidation sites excluding steroid dienone is 1. The van der Waals surface area contributed by atoms with E-state index < -0.39 is 5.97 Å². The van der Waals surface area contributed by atoms with Gasteiger partial charge in [-0.3, -0.25) is 4.79 Å². The second kappa shape index (κ2) is 9.35. The number of ether oxygens (including phenoxy) is 2. The number of amides is 1. The predicted octanol–water partition coefficient (Wildman–Crippen LogP) is 5.48. The average Bonchev–Trinajstić information content (AvgIpc) is 2.83. The fourth-order valence-electron chi connectivity index (χ4n) is 3.80. The molecule has 4 rings (SSSR count). The molecule has 1 N–H and O–H groups in total. The van der Waals surface area contributed by atoms with Crippen LogP contribution >= 0.6 is 0 Å². The zero-order valence-corrected chi connectivity index (χ0v) is 17.8. The van der Waals surface area contributed by atoms with Crippen molar-refractivity contribution in [2.75, 3.05) is 11.9 Å². The smallest absolute Gasteiger partial charge is 0.335 e. The molecular weight excluding hydrogens is 402 g/mol. The Kier molecular flexibility index (Phi) is 6.17. The zero-order valence-electron chi connectivity index (χ0n) is 17.8. The summed E-state index contributed by atoms with van der Waals surface area (Å²) in [7, 11) is 0. The number of para-hydroxylation sites is 1. The lowest BCUT2D eigenvalue weighted by molar-refractivity contribution is -0.129. The third-order valence-electron chi connectivity index (χ3n) is 5.21. The van der Waals surface area contributed by atoms with Gasteiger partial charge in [0, 0.05) is 11.6 Å². The number of rotatable bonds is 6. The normalized spacial score (nSPS) is 13.2. The molecule has 0 aliphatic carbocycles. The lowest BCUT2D eigenvalue weighted by atomic mass is 9.87. The molecule has 0 fully saturated rings. The van der Waals surface area contributed by atoms with E-state index in [2.05, 4.69) is 31.0 Å². The van der Waals surface area contributed by atoms with Crippen LogP contribution in [0.1, 0.15) is 30.0 Å². The van der Waals surface area contributed by atoms with Gasteiger partial charge in [0.15, 0.2) is 6.61 Å². The highest BCUT2D eigenvalue weighted by molar-refractivity contribution is 6.02. The minimum Gasteiger partial charge on any atom is -0.482 e. The molecule has 0 saturated carbocycles. The summed E-state index contributed by atoms with van der Waals surface area (Å²) >= 11 is 0. The minimum atomic E-state index is -0.522. The maximum absolute atomic E-state index is 12.0. The van der Waals surface area contributed by atoms with E-state index in [9.17, 15) is 9.59 Å². The van der Waals surface area contributed by atoms with Gasteiger partial charge in [-0.05, 0) is 46.9 Å². The van der Waals surface area contributed by atoms with Crippen LogP contribution in [0.25, 0.3) is 11.1 Å². The van der Waals surface area contributed by atoms with Gasteiger partial charge in [0.2, 0.25) is 0 Å². The first-order valence-electron chi connectivity index (χ1n) is 10.4. The molecule has 0 atom stereocenters. The van der Waals surface area contributed by atoms with Crippen molar-refractivity contribution in [3.8, 4) is 11.5 Å². The summed E-state index contributed by atoms with van der Waals surface area (Å²) in [6, 6.07) is 23.2. The third kappa shape index (κ3) is 4.32. The Morgan fingerprint density at radius 2 is 1.81 bits per heavy atom. The highest BCUT2D eigenvalue weighted by Crippen LogP contribution is 2.41. The maximum Gasteiger partial charge on any atom is 0.335 e. The van der Waals surface area contributed by atoms with E-state index >= 15 is 0 Å². The highest BCUT2D eigenvalue weighted by Gasteiger charge is 2.21. The lowest BCUT2D eigenvalue weighted by Gasteiger charge is -2.22. The summed E-state index contributed by atoms with van der Waals surface area (Å²) in [5.74, 6) is 0.345. The van der Waals surface area contributed by atoms with Crippen LogP contribution in [0.4, 0.5) is 5.69 Å². The van der Waals surface area contributed by atoms with Crippen LogP contribution in [0.3, 0.4) is 0 Å². The molecule has 160 valence electrons. The molecule has 1 heterocycles. The second-order valence-electron chi connectivity index (χ2n) is 7.24. The van der Waals surface area contributed by atoms with Crippen molar-refractivity contribution in [2.45, 2.75) is 13.3 Å². The molecule has 0 aromatic heterocycles. The SMILES string of the molecule is C=CC(=O)Oc1ccccc1/C(=C(\CC)c1ccccc1)c1ccc2c(c1)OCC(=O)N2. The Morgan fingerprint density at radius 3 is 2.56 bits per heavy atom. The van der Waals surface area contributed by atoms with Crippen LogP contribution in [-0.2, 0) is 9.59 Å². The minimum absolute atomic E-state index is 0.0254. The van der Waals surface area contributed by atoms with Crippen LogP contribution < -0.4 is 14.8 Å². The van der Waals surface area contributed by atoms with E-state index in [1.165, 1.54) is 0 Å². The molecule has 3 aromatic rings. The van der Waals surface area contributed by atoms with Gasteiger partial charge in [0.25, 0.3) is 5.91 Å². The summed E-state index contributed by atoms with van der Waals surface area (Å²) in [5.41, 5.74) is 5.39. The topological polar surface area (TPSA) is 64.6 Å². The maximum atomic E-state index is 12.0. The van der Waals surface area contributed by atoms with Gasteiger partial charge < -0.3 is 14.8 Å². The van der Waals surface area contributed by atoms with Crippen LogP contribution in [0, 0.1) is 0 Å². The van der Waals surface area contributed by atoms with Crippen LogP contribution in [0.5, 0.6) is 11.5 Å². The number of esters is 1. The average molecular weight is 425 g/mol. The van der Waals surface area contributed by atoms with Crippen molar-refractivity contribution in [3.63, 3.8) is 0 Å². The molecule has 1 aliphatic rings. The van der Waals surface area contributed by atoms with Crippen molar-refractivity contribution in [1.82, 2.24) is 0 Å². The van der Waals surface area contributed by atoms with Gasteiger partial charge in [0.1, 0.15) is 11.5 Å². The molecule has 1 amide bonds. The van der Waals surface area contributed by atoms with Crippen molar-refractivity contribution < 1.29 is 19.1 Å². The van der Waals surface area contributed by atoms with Gasteiger partial charge >= 0.3 is 5.97 Å². The molecule has 0 spiro atoms. The van der Waals surface area contributed by atoms with Gasteiger partial charge in [0.05, 0.1) is 5.69 Å². The van der Waals surface area contributed by atoms with Crippen LogP contribution in [0.15, 0.2) is 85.5 Å². The second-order valence-corrected chi connectivity index (χ2v) is 7.24. The molecule has 5 nitrogen and oxygen atoms in total. The Labute approximate surface area is 187 Å². The van der Waals surface area contributed by atoms with Gasteiger partial charge in [-0.15, -0.1) is 0 Å². The molecule has 0 radical (unpaired) electrons. The van der Waals surface area contributed by atoms with Crippen molar-refractivity contribution >= 4 is 28.7 Å². The Bertz CT molecular complexity index is 1210. The molecule has 3 aromatic carbocycles. The fraction of sp³-hybridized carbons (Fsp3) is 0.111. The monoisotopic (exact) mass is 425 g/mol. The number of carbonyl (C=O) groups excluding carboxylic acids is 2. The van der Waals surface area contributed by atoms with E-state index in [0.717, 1.165) is 40.3 Å². The zero-order chi connectivity index (χ0) is 22.5. The third-order valence-corrected chi connectivity index (χ3v) is 5.21. The predicted molar refractivity (Wildman–Crippen MR) is 125 cm³/mol. The van der Waals surface area contributed by atoms with Crippen molar-refractivity contribution in [3.05, 3.63) is 102 Å². The van der Waals surface area contributed by atoms with E-state index in [-0.39, 0.29) is 12.5 Å². The summed E-state index contributed by atoms with van der Waals surface area (Å²) in [6.07, 6.45) is 1.89. The van der Waals surface area contributed by atoms with E-state index in [0.29, 0.717) is 17.2 Å². The lowest BCUT2D eigenvalue weighted by Crippen LogP contribution is -2.25. The molecule has 0 bridgehead atoms. The highest BCUT2D eigenvalue weighted by atomic mass is 16.5. The number of carbonyl (C=O) groups is 2. The van der Waals surface area contributed by atoms with E-state index in [1.807, 2.05) is 54.6 Å². The number of hydrogen-bond donors (Lipinski definition) is 1. The summed E-state index contributed by atoms with van der Waals surface area (Å²) in [5, 5.41) is 2.83. The Hall–Kier alpha value is -4.12.